The summed E-state index contributed by atoms with van der Waals surface area (Å²) in [6.45, 7) is 11.1. The summed E-state index contributed by atoms with van der Waals surface area (Å²) >= 11 is 0. The van der Waals surface area contributed by atoms with Crippen LogP contribution in [0.1, 0.15) is 39.1 Å². The van der Waals surface area contributed by atoms with Crippen molar-refractivity contribution in [3.05, 3.63) is 11.4 Å². The van der Waals surface area contributed by atoms with Crippen LogP contribution in [0, 0.1) is 6.92 Å². The molecule has 0 unspecified atom stereocenters. The molecular formula is C14H25N3O2. The summed E-state index contributed by atoms with van der Waals surface area (Å²) in [6.07, 6.45) is 0.782. The summed E-state index contributed by atoms with van der Waals surface area (Å²) in [5.74, 6) is 2.23. The Morgan fingerprint density at radius 2 is 1.84 bits per heavy atom. The number of hydrogen-bond acceptors (Lipinski definition) is 5. The fourth-order valence-electron chi connectivity index (χ4n) is 1.57. The molecule has 1 N–H and O–H groups in total. The highest BCUT2D eigenvalue weighted by molar-refractivity contribution is 5.48. The summed E-state index contributed by atoms with van der Waals surface area (Å²) in [5, 5.41) is 3.06. The van der Waals surface area contributed by atoms with Gasteiger partial charge in [-0.1, -0.05) is 6.92 Å². The number of ether oxygens (including phenoxy) is 2. The van der Waals surface area contributed by atoms with Gasteiger partial charge in [0.05, 0.1) is 17.8 Å². The minimum absolute atomic E-state index is 0.144. The first-order valence-electron chi connectivity index (χ1n) is 6.69. The van der Waals surface area contributed by atoms with E-state index < -0.39 is 0 Å². The molecule has 5 nitrogen and oxygen atoms in total. The third-order valence-electron chi connectivity index (χ3n) is 2.56. The highest BCUT2D eigenvalue weighted by Crippen LogP contribution is 2.21. The zero-order chi connectivity index (χ0) is 14.5. The van der Waals surface area contributed by atoms with Crippen LogP contribution in [0.5, 0.6) is 5.88 Å². The summed E-state index contributed by atoms with van der Waals surface area (Å²) in [6, 6.07) is 0. The third-order valence-corrected chi connectivity index (χ3v) is 2.56. The Morgan fingerprint density at radius 3 is 2.37 bits per heavy atom. The van der Waals surface area contributed by atoms with Crippen LogP contribution in [-0.2, 0) is 11.2 Å². The molecule has 0 bridgehead atoms. The predicted molar refractivity (Wildman–Crippen MR) is 76.9 cm³/mol. The van der Waals surface area contributed by atoms with Crippen molar-refractivity contribution in [1.82, 2.24) is 9.97 Å². The molecule has 1 heterocycles. The molecule has 19 heavy (non-hydrogen) atoms. The van der Waals surface area contributed by atoms with Crippen LogP contribution in [0.4, 0.5) is 5.82 Å². The normalized spacial score (nSPS) is 11.5. The van der Waals surface area contributed by atoms with Gasteiger partial charge in [0.1, 0.15) is 18.2 Å². The number of aryl methyl sites for hydroxylation is 1. The van der Waals surface area contributed by atoms with Crippen LogP contribution in [0.2, 0.25) is 0 Å². The van der Waals surface area contributed by atoms with E-state index in [-0.39, 0.29) is 5.60 Å². The average molecular weight is 267 g/mol. The van der Waals surface area contributed by atoms with Crippen LogP contribution in [-0.4, -0.2) is 35.8 Å². The number of rotatable bonds is 6. The topological polar surface area (TPSA) is 56.3 Å². The van der Waals surface area contributed by atoms with Crippen LogP contribution in [0.15, 0.2) is 0 Å². The van der Waals surface area contributed by atoms with Crippen LogP contribution in [0.3, 0.4) is 0 Å². The maximum atomic E-state index is 5.70. The third kappa shape index (κ3) is 5.03. The van der Waals surface area contributed by atoms with Gasteiger partial charge >= 0.3 is 0 Å². The van der Waals surface area contributed by atoms with Crippen molar-refractivity contribution in [2.75, 3.05) is 25.6 Å². The monoisotopic (exact) mass is 267 g/mol. The molecule has 1 aromatic heterocycles. The van der Waals surface area contributed by atoms with E-state index >= 15 is 0 Å². The largest absolute Gasteiger partial charge is 0.475 e. The fraction of sp³-hybridized carbons (Fsp3) is 0.714. The fourth-order valence-corrected chi connectivity index (χ4v) is 1.57. The Labute approximate surface area is 115 Å². The summed E-state index contributed by atoms with van der Waals surface area (Å²) in [5.41, 5.74) is 0.782. The van der Waals surface area contributed by atoms with E-state index in [0.29, 0.717) is 19.1 Å². The van der Waals surface area contributed by atoms with Gasteiger partial charge in [0.25, 0.3) is 0 Å². The van der Waals surface area contributed by atoms with E-state index in [1.54, 1.807) is 0 Å². The van der Waals surface area contributed by atoms with E-state index in [0.717, 1.165) is 23.6 Å². The van der Waals surface area contributed by atoms with Gasteiger partial charge < -0.3 is 14.8 Å². The van der Waals surface area contributed by atoms with Crippen molar-refractivity contribution < 1.29 is 9.47 Å². The molecule has 1 aromatic rings. The lowest BCUT2D eigenvalue weighted by Crippen LogP contribution is -2.22. The number of aromatic nitrogens is 2. The van der Waals surface area contributed by atoms with Crippen LogP contribution in [0.25, 0.3) is 0 Å². The van der Waals surface area contributed by atoms with Crippen molar-refractivity contribution in [1.29, 1.82) is 0 Å². The molecule has 0 amide bonds. The van der Waals surface area contributed by atoms with Gasteiger partial charge in [0.15, 0.2) is 0 Å². The standard InChI is InChI=1S/C14H25N3O2/c1-7-11-16-12(15-6)10(2)13(17-11)18-8-9-19-14(3,4)5/h7-9H2,1-6H3,(H,15,16,17). The van der Waals surface area contributed by atoms with E-state index in [1.165, 1.54) is 0 Å². The minimum Gasteiger partial charge on any atom is -0.475 e. The smallest absolute Gasteiger partial charge is 0.221 e. The molecule has 0 saturated carbocycles. The van der Waals surface area contributed by atoms with E-state index in [9.17, 15) is 0 Å². The number of anilines is 1. The maximum Gasteiger partial charge on any atom is 0.221 e. The van der Waals surface area contributed by atoms with Gasteiger partial charge in [-0.3, -0.25) is 0 Å². The Hall–Kier alpha value is -1.36. The maximum absolute atomic E-state index is 5.70. The zero-order valence-electron chi connectivity index (χ0n) is 12.8. The second kappa shape index (κ2) is 6.70. The molecule has 0 spiro atoms. The van der Waals surface area contributed by atoms with Crippen molar-refractivity contribution in [3.8, 4) is 5.88 Å². The Balaban J connectivity index is 2.67. The summed E-state index contributed by atoms with van der Waals surface area (Å²) in [7, 11) is 1.85. The Morgan fingerprint density at radius 1 is 1.16 bits per heavy atom. The molecule has 5 heteroatoms. The quantitative estimate of drug-likeness (QED) is 0.803. The molecule has 0 atom stereocenters. The molecule has 0 radical (unpaired) electrons. The molecule has 0 aromatic carbocycles. The van der Waals surface area contributed by atoms with Crippen LogP contribution < -0.4 is 10.1 Å². The SMILES string of the molecule is CCc1nc(NC)c(C)c(OCCOC(C)(C)C)n1. The lowest BCUT2D eigenvalue weighted by molar-refractivity contribution is -0.0169. The first-order chi connectivity index (χ1) is 8.87. The highest BCUT2D eigenvalue weighted by Gasteiger charge is 2.12. The number of nitrogens with one attached hydrogen (secondary N) is 1. The molecule has 0 fully saturated rings. The van der Waals surface area contributed by atoms with Gasteiger partial charge in [-0.25, -0.2) is 4.98 Å². The van der Waals surface area contributed by atoms with Crippen molar-refractivity contribution >= 4 is 5.82 Å². The second-order valence-electron chi connectivity index (χ2n) is 5.33. The van der Waals surface area contributed by atoms with E-state index in [1.807, 2.05) is 41.7 Å². The Bertz CT molecular complexity index is 414. The molecule has 0 aliphatic heterocycles. The van der Waals surface area contributed by atoms with E-state index in [2.05, 4.69) is 15.3 Å². The molecule has 1 rings (SSSR count). The molecule has 0 saturated heterocycles. The Kier molecular flexibility index (Phi) is 5.54. The predicted octanol–water partition coefficient (Wildman–Crippen LogP) is 2.58. The molecule has 0 aliphatic rings. The van der Waals surface area contributed by atoms with Gasteiger partial charge in [-0.2, -0.15) is 4.98 Å². The van der Waals surface area contributed by atoms with Crippen molar-refractivity contribution in [3.63, 3.8) is 0 Å². The number of hydrogen-bond donors (Lipinski definition) is 1. The van der Waals surface area contributed by atoms with Gasteiger partial charge in [0.2, 0.25) is 5.88 Å². The number of nitrogens with zero attached hydrogens (tertiary/aromatic N) is 2. The minimum atomic E-state index is -0.144. The molecule has 108 valence electrons. The van der Waals surface area contributed by atoms with Crippen molar-refractivity contribution in [2.24, 2.45) is 0 Å². The average Bonchev–Trinajstić information content (AvgIpc) is 2.35. The molecular weight excluding hydrogens is 242 g/mol. The summed E-state index contributed by atoms with van der Waals surface area (Å²) in [4.78, 5) is 8.81. The lowest BCUT2D eigenvalue weighted by atomic mass is 10.2. The highest BCUT2D eigenvalue weighted by atomic mass is 16.5. The van der Waals surface area contributed by atoms with Gasteiger partial charge in [-0.15, -0.1) is 0 Å². The summed E-state index contributed by atoms with van der Waals surface area (Å²) < 4.78 is 11.3. The first kappa shape index (κ1) is 15.7. The van der Waals surface area contributed by atoms with Gasteiger partial charge in [0, 0.05) is 13.5 Å². The van der Waals surface area contributed by atoms with Gasteiger partial charge in [-0.05, 0) is 27.7 Å². The second-order valence-corrected chi connectivity index (χ2v) is 5.33. The van der Waals surface area contributed by atoms with Crippen LogP contribution >= 0.6 is 0 Å². The first-order valence-corrected chi connectivity index (χ1v) is 6.69. The van der Waals surface area contributed by atoms with Crippen molar-refractivity contribution in [2.45, 2.75) is 46.6 Å². The van der Waals surface area contributed by atoms with E-state index in [4.69, 9.17) is 9.47 Å². The lowest BCUT2D eigenvalue weighted by Gasteiger charge is -2.19. The molecule has 0 aliphatic carbocycles. The zero-order valence-corrected chi connectivity index (χ0v) is 12.8.